The molecule has 2 aromatic carbocycles. The number of rotatable bonds is 8. The zero-order chi connectivity index (χ0) is 21.5. The number of para-hydroxylation sites is 2. The second-order valence-electron chi connectivity index (χ2n) is 6.61. The van der Waals surface area contributed by atoms with Gasteiger partial charge in [0, 0.05) is 35.0 Å². The van der Waals surface area contributed by atoms with Gasteiger partial charge in [0.1, 0.15) is 12.3 Å². The van der Waals surface area contributed by atoms with Gasteiger partial charge in [0.2, 0.25) is 5.91 Å². The van der Waals surface area contributed by atoms with Crippen molar-refractivity contribution in [3.05, 3.63) is 48.5 Å². The number of carbonyl (C=O) groups is 1. The molecule has 1 aliphatic rings. The Balaban J connectivity index is 1.93. The van der Waals surface area contributed by atoms with Crippen LogP contribution in [-0.2, 0) is 31.3 Å². The highest BCUT2D eigenvalue weighted by molar-refractivity contribution is 7.86. The lowest BCUT2D eigenvalue weighted by atomic mass is 10.3. The van der Waals surface area contributed by atoms with Crippen LogP contribution < -0.4 is 9.04 Å². The van der Waals surface area contributed by atoms with E-state index in [0.29, 0.717) is 54.1 Å². The topological polar surface area (TPSA) is 76.2 Å². The summed E-state index contributed by atoms with van der Waals surface area (Å²) in [6, 6.07) is 14.0. The zero-order valence-electron chi connectivity index (χ0n) is 17.1. The van der Waals surface area contributed by atoms with Crippen LogP contribution in [0.15, 0.2) is 58.3 Å². The molecule has 0 saturated carbocycles. The van der Waals surface area contributed by atoms with E-state index in [1.807, 2.05) is 19.1 Å². The van der Waals surface area contributed by atoms with Crippen LogP contribution in [0.2, 0.25) is 0 Å². The molecule has 1 amide bonds. The van der Waals surface area contributed by atoms with E-state index in [1.165, 1.54) is 0 Å². The summed E-state index contributed by atoms with van der Waals surface area (Å²) in [7, 11) is -2.78. The van der Waals surface area contributed by atoms with Gasteiger partial charge < -0.3 is 14.4 Å². The minimum Gasteiger partial charge on any atom is -0.492 e. The maximum absolute atomic E-state index is 13.5. The summed E-state index contributed by atoms with van der Waals surface area (Å²) >= 11 is 0. The smallest absolute Gasteiger partial charge is 0.243 e. The van der Waals surface area contributed by atoms with E-state index in [0.717, 1.165) is 0 Å². The van der Waals surface area contributed by atoms with Crippen molar-refractivity contribution in [3.63, 3.8) is 0 Å². The first kappa shape index (κ1) is 22.5. The fraction of sp³-hybridized carbons (Fsp3) is 0.381. The Hall–Kier alpha value is -2.23. The molecule has 162 valence electrons. The van der Waals surface area contributed by atoms with Crippen LogP contribution in [0.3, 0.4) is 0 Å². The van der Waals surface area contributed by atoms with Gasteiger partial charge in [-0.3, -0.25) is 13.3 Å². The number of carbonyl (C=O) groups excluding carboxylic acids is 1. The normalized spacial score (nSPS) is 16.0. The molecule has 0 N–H and O–H groups in total. The second kappa shape index (κ2) is 10.7. The molecule has 2 atom stereocenters. The van der Waals surface area contributed by atoms with Crippen LogP contribution in [-0.4, -0.2) is 64.9 Å². The van der Waals surface area contributed by atoms with Crippen molar-refractivity contribution in [2.75, 3.05) is 50.0 Å². The third kappa shape index (κ3) is 5.47. The highest BCUT2D eigenvalue weighted by Gasteiger charge is 2.26. The van der Waals surface area contributed by atoms with E-state index < -0.39 is 21.8 Å². The quantitative estimate of drug-likeness (QED) is 0.616. The molecule has 2 aromatic rings. The molecule has 30 heavy (non-hydrogen) atoms. The number of anilines is 1. The first-order valence-electron chi connectivity index (χ1n) is 9.71. The van der Waals surface area contributed by atoms with E-state index >= 15 is 0 Å². The van der Waals surface area contributed by atoms with Crippen molar-refractivity contribution < 1.29 is 22.7 Å². The number of ether oxygens (including phenoxy) is 2. The fourth-order valence-corrected chi connectivity index (χ4v) is 4.78. The van der Waals surface area contributed by atoms with E-state index in [9.17, 15) is 13.2 Å². The lowest BCUT2D eigenvalue weighted by Crippen LogP contribution is -2.46. The number of morpholine rings is 1. The molecule has 9 heteroatoms. The van der Waals surface area contributed by atoms with Crippen LogP contribution in [0.4, 0.5) is 5.69 Å². The molecule has 1 saturated heterocycles. The van der Waals surface area contributed by atoms with Gasteiger partial charge in [0.15, 0.2) is 11.0 Å². The Morgan fingerprint density at radius 1 is 1.07 bits per heavy atom. The Morgan fingerprint density at radius 3 is 2.33 bits per heavy atom. The monoisotopic (exact) mass is 450 g/mol. The van der Waals surface area contributed by atoms with E-state index in [4.69, 9.17) is 9.47 Å². The predicted octanol–water partition coefficient (Wildman–Crippen LogP) is 2.21. The van der Waals surface area contributed by atoms with Crippen molar-refractivity contribution in [1.82, 2.24) is 4.90 Å². The van der Waals surface area contributed by atoms with Crippen LogP contribution in [0, 0.1) is 0 Å². The molecule has 0 aliphatic carbocycles. The number of hydrogen-bond donors (Lipinski definition) is 0. The van der Waals surface area contributed by atoms with E-state index in [-0.39, 0.29) is 12.5 Å². The van der Waals surface area contributed by atoms with Crippen molar-refractivity contribution in [2.24, 2.45) is 0 Å². The molecule has 7 nitrogen and oxygen atoms in total. The Bertz CT molecular complexity index is 914. The highest BCUT2D eigenvalue weighted by Crippen LogP contribution is 2.31. The molecule has 0 radical (unpaired) electrons. The molecule has 1 heterocycles. The Morgan fingerprint density at radius 2 is 1.70 bits per heavy atom. The van der Waals surface area contributed by atoms with Crippen molar-refractivity contribution in [2.45, 2.75) is 16.7 Å². The first-order valence-corrected chi connectivity index (χ1v) is 12.4. The first-order chi connectivity index (χ1) is 14.5. The third-order valence-electron chi connectivity index (χ3n) is 4.63. The molecule has 3 rings (SSSR count). The average Bonchev–Trinajstić information content (AvgIpc) is 2.78. The Kier molecular flexibility index (Phi) is 8.01. The van der Waals surface area contributed by atoms with Gasteiger partial charge >= 0.3 is 0 Å². The fourth-order valence-electron chi connectivity index (χ4n) is 3.08. The number of amides is 1. The summed E-state index contributed by atoms with van der Waals surface area (Å²) in [6.45, 7) is 4.30. The molecule has 0 bridgehead atoms. The van der Waals surface area contributed by atoms with Crippen LogP contribution >= 0.6 is 0 Å². The lowest BCUT2D eigenvalue weighted by molar-refractivity contribution is -0.133. The summed E-state index contributed by atoms with van der Waals surface area (Å²) in [4.78, 5) is 15.8. The summed E-state index contributed by atoms with van der Waals surface area (Å²) < 4.78 is 37.8. The van der Waals surface area contributed by atoms with Gasteiger partial charge in [0.25, 0.3) is 0 Å². The second-order valence-corrected chi connectivity index (χ2v) is 9.40. The van der Waals surface area contributed by atoms with E-state index in [2.05, 4.69) is 0 Å². The lowest BCUT2D eigenvalue weighted by Gasteiger charge is -2.31. The molecule has 2 unspecified atom stereocenters. The number of hydrogen-bond acceptors (Lipinski definition) is 5. The summed E-state index contributed by atoms with van der Waals surface area (Å²) in [5.74, 6) is 0.443. The summed E-state index contributed by atoms with van der Waals surface area (Å²) in [5.41, 5.74) is 0.586. The SMILES string of the molecule is CCOc1ccccc1N(CC(=O)N1CCOCC1)S(=O)c1ccc(S(C)=O)cc1. The Labute approximate surface area is 182 Å². The minimum atomic E-state index is -1.66. The molecule has 0 aromatic heterocycles. The van der Waals surface area contributed by atoms with Crippen LogP contribution in [0.25, 0.3) is 0 Å². The zero-order valence-corrected chi connectivity index (χ0v) is 18.7. The summed E-state index contributed by atoms with van der Waals surface area (Å²) in [6.07, 6.45) is 1.59. The third-order valence-corrected chi connectivity index (χ3v) is 6.97. The van der Waals surface area contributed by atoms with Gasteiger partial charge in [-0.1, -0.05) is 12.1 Å². The highest BCUT2D eigenvalue weighted by atomic mass is 32.2. The van der Waals surface area contributed by atoms with Crippen molar-refractivity contribution in [3.8, 4) is 5.75 Å². The predicted molar refractivity (Wildman–Crippen MR) is 118 cm³/mol. The van der Waals surface area contributed by atoms with E-state index in [1.54, 1.807) is 51.9 Å². The summed E-state index contributed by atoms with van der Waals surface area (Å²) in [5, 5.41) is 0. The van der Waals surface area contributed by atoms with Gasteiger partial charge in [0.05, 0.1) is 30.4 Å². The van der Waals surface area contributed by atoms with Gasteiger partial charge in [-0.2, -0.15) is 0 Å². The molecule has 1 aliphatic heterocycles. The van der Waals surface area contributed by atoms with Crippen LogP contribution in [0.5, 0.6) is 5.75 Å². The largest absolute Gasteiger partial charge is 0.492 e. The number of nitrogens with zero attached hydrogens (tertiary/aromatic N) is 2. The standard InChI is InChI=1S/C21H26N2O5S2/c1-3-28-20-7-5-4-6-19(20)23(16-21(24)22-12-14-27-15-13-22)30(26)18-10-8-17(9-11-18)29(2)25/h4-11H,3,12-16H2,1-2H3. The minimum absolute atomic E-state index is 0.0574. The maximum Gasteiger partial charge on any atom is 0.243 e. The van der Waals surface area contributed by atoms with Gasteiger partial charge in [-0.05, 0) is 43.3 Å². The number of benzene rings is 2. The maximum atomic E-state index is 13.5. The van der Waals surface area contributed by atoms with Crippen molar-refractivity contribution in [1.29, 1.82) is 0 Å². The molecule has 0 spiro atoms. The van der Waals surface area contributed by atoms with Gasteiger partial charge in [-0.25, -0.2) is 4.21 Å². The van der Waals surface area contributed by atoms with Crippen LogP contribution in [0.1, 0.15) is 6.92 Å². The molecule has 1 fully saturated rings. The molecular formula is C21H26N2O5S2. The van der Waals surface area contributed by atoms with Gasteiger partial charge in [-0.15, -0.1) is 0 Å². The van der Waals surface area contributed by atoms with Crippen molar-refractivity contribution >= 4 is 33.4 Å². The average molecular weight is 451 g/mol. The molecular weight excluding hydrogens is 424 g/mol.